The molecule has 104 valence electrons. The first kappa shape index (κ1) is 14.7. The van der Waals surface area contributed by atoms with E-state index in [9.17, 15) is 8.42 Å². The maximum atomic E-state index is 11.9. The van der Waals surface area contributed by atoms with Gasteiger partial charge in [0.2, 0.25) is 0 Å². The molecule has 0 fully saturated rings. The van der Waals surface area contributed by atoms with Crippen LogP contribution in [0.25, 0.3) is 6.08 Å². The van der Waals surface area contributed by atoms with Crippen LogP contribution in [-0.2, 0) is 10.0 Å². The van der Waals surface area contributed by atoms with E-state index in [1.165, 1.54) is 5.41 Å². The van der Waals surface area contributed by atoms with E-state index in [4.69, 9.17) is 0 Å². The summed E-state index contributed by atoms with van der Waals surface area (Å²) in [6, 6.07) is 16.6. The van der Waals surface area contributed by atoms with Crippen LogP contribution in [0.4, 0.5) is 5.69 Å². The number of sulfonamides is 1. The molecule has 0 radical (unpaired) electrons. The molecule has 2 aromatic rings. The fourth-order valence-electron chi connectivity index (χ4n) is 1.59. The van der Waals surface area contributed by atoms with Crippen molar-refractivity contribution in [3.63, 3.8) is 0 Å². The number of thioether (sulfide) groups is 1. The molecule has 0 aliphatic carbocycles. The number of nitrogens with one attached hydrogen (secondary N) is 1. The summed E-state index contributed by atoms with van der Waals surface area (Å²) >= 11 is 1.61. The molecule has 0 saturated carbocycles. The van der Waals surface area contributed by atoms with E-state index in [2.05, 4.69) is 4.72 Å². The van der Waals surface area contributed by atoms with E-state index in [-0.39, 0.29) is 0 Å². The molecule has 2 rings (SSSR count). The smallest absolute Gasteiger partial charge is 0.255 e. The molecule has 3 nitrogen and oxygen atoms in total. The molecule has 0 bridgehead atoms. The Balaban J connectivity index is 2.09. The zero-order valence-electron chi connectivity index (χ0n) is 11.0. The lowest BCUT2D eigenvalue weighted by Crippen LogP contribution is -2.08. The third kappa shape index (κ3) is 4.43. The lowest BCUT2D eigenvalue weighted by molar-refractivity contribution is 0.609. The first-order valence-corrected chi connectivity index (χ1v) is 8.76. The van der Waals surface area contributed by atoms with Gasteiger partial charge in [-0.2, -0.15) is 0 Å². The molecule has 0 aromatic heterocycles. The van der Waals surface area contributed by atoms with Crippen LogP contribution in [0.1, 0.15) is 5.56 Å². The molecule has 0 unspecified atom stereocenters. The highest BCUT2D eigenvalue weighted by molar-refractivity contribution is 7.98. The fourth-order valence-corrected chi connectivity index (χ4v) is 2.87. The van der Waals surface area contributed by atoms with Gasteiger partial charge in [-0.15, -0.1) is 11.8 Å². The lowest BCUT2D eigenvalue weighted by atomic mass is 10.2. The Morgan fingerprint density at radius 1 is 1.00 bits per heavy atom. The van der Waals surface area contributed by atoms with E-state index < -0.39 is 10.0 Å². The molecule has 0 heterocycles. The van der Waals surface area contributed by atoms with Crippen molar-refractivity contribution in [1.29, 1.82) is 0 Å². The Kier molecular flexibility index (Phi) is 4.87. The molecule has 5 heteroatoms. The number of benzene rings is 2. The first-order valence-electron chi connectivity index (χ1n) is 5.99. The van der Waals surface area contributed by atoms with Crippen LogP contribution in [0.15, 0.2) is 64.9 Å². The summed E-state index contributed by atoms with van der Waals surface area (Å²) in [5.74, 6) is 0. The predicted molar refractivity (Wildman–Crippen MR) is 86.2 cm³/mol. The third-order valence-corrected chi connectivity index (χ3v) is 4.35. The van der Waals surface area contributed by atoms with Crippen molar-refractivity contribution in [2.45, 2.75) is 4.90 Å². The summed E-state index contributed by atoms with van der Waals surface area (Å²) in [7, 11) is -3.49. The molecule has 0 spiro atoms. The van der Waals surface area contributed by atoms with E-state index >= 15 is 0 Å². The van der Waals surface area contributed by atoms with Crippen LogP contribution < -0.4 is 4.72 Å². The molecular weight excluding hydrogens is 290 g/mol. The van der Waals surface area contributed by atoms with Gasteiger partial charge in [0, 0.05) is 10.6 Å². The zero-order chi connectivity index (χ0) is 14.4. The molecular formula is C15H15NO2S2. The Hall–Kier alpha value is -1.72. The maximum absolute atomic E-state index is 11.9. The standard InChI is InChI=1S/C15H15NO2S2/c1-19-15-9-7-14(8-10-15)16-20(17,18)12-11-13-5-3-2-4-6-13/h2-12,16H,1H3/b12-11+. The second kappa shape index (κ2) is 6.63. The summed E-state index contributed by atoms with van der Waals surface area (Å²) in [4.78, 5) is 1.09. The van der Waals surface area contributed by atoms with Gasteiger partial charge >= 0.3 is 0 Å². The number of hydrogen-bond donors (Lipinski definition) is 1. The van der Waals surface area contributed by atoms with Gasteiger partial charge in [0.05, 0.1) is 5.41 Å². The average Bonchev–Trinajstić information content (AvgIpc) is 2.47. The Bertz CT molecular complexity index is 678. The zero-order valence-corrected chi connectivity index (χ0v) is 12.6. The molecule has 2 aromatic carbocycles. The Labute approximate surface area is 123 Å². The van der Waals surface area contributed by atoms with Crippen LogP contribution in [0.2, 0.25) is 0 Å². The van der Waals surface area contributed by atoms with E-state index in [0.29, 0.717) is 5.69 Å². The monoisotopic (exact) mass is 305 g/mol. The molecule has 20 heavy (non-hydrogen) atoms. The summed E-state index contributed by atoms with van der Waals surface area (Å²) in [6.07, 6.45) is 3.54. The number of hydrogen-bond acceptors (Lipinski definition) is 3. The minimum Gasteiger partial charge on any atom is -0.280 e. The minimum absolute atomic E-state index is 0.556. The van der Waals surface area contributed by atoms with Gasteiger partial charge in [-0.25, -0.2) is 8.42 Å². The highest BCUT2D eigenvalue weighted by Gasteiger charge is 2.05. The highest BCUT2D eigenvalue weighted by Crippen LogP contribution is 2.18. The van der Waals surface area contributed by atoms with Crippen molar-refractivity contribution in [1.82, 2.24) is 0 Å². The van der Waals surface area contributed by atoms with Crippen molar-refractivity contribution in [3.05, 3.63) is 65.6 Å². The third-order valence-electron chi connectivity index (χ3n) is 2.59. The first-order chi connectivity index (χ1) is 9.59. The highest BCUT2D eigenvalue weighted by atomic mass is 32.2. The summed E-state index contributed by atoms with van der Waals surface area (Å²) in [6.45, 7) is 0. The summed E-state index contributed by atoms with van der Waals surface area (Å²) in [5.41, 5.74) is 1.40. The van der Waals surface area contributed by atoms with Gasteiger partial charge in [-0.3, -0.25) is 4.72 Å². The molecule has 0 atom stereocenters. The Morgan fingerprint density at radius 3 is 2.25 bits per heavy atom. The second-order valence-corrected chi connectivity index (χ2v) is 6.53. The van der Waals surface area contributed by atoms with Gasteiger partial charge in [0.15, 0.2) is 0 Å². The maximum Gasteiger partial charge on any atom is 0.255 e. The van der Waals surface area contributed by atoms with Gasteiger partial charge in [0.25, 0.3) is 10.0 Å². The molecule has 1 N–H and O–H groups in total. The van der Waals surface area contributed by atoms with Crippen LogP contribution >= 0.6 is 11.8 Å². The van der Waals surface area contributed by atoms with Crippen molar-refractivity contribution in [2.24, 2.45) is 0 Å². The topological polar surface area (TPSA) is 46.2 Å². The van der Waals surface area contributed by atoms with Gasteiger partial charge in [-0.1, -0.05) is 30.3 Å². The molecule has 0 amide bonds. The van der Waals surface area contributed by atoms with Gasteiger partial charge in [-0.05, 0) is 42.2 Å². The Morgan fingerprint density at radius 2 is 1.65 bits per heavy atom. The second-order valence-electron chi connectivity index (χ2n) is 4.09. The molecule has 0 saturated heterocycles. The summed E-state index contributed by atoms with van der Waals surface area (Å²) < 4.78 is 26.4. The van der Waals surface area contributed by atoms with Crippen molar-refractivity contribution in [2.75, 3.05) is 11.0 Å². The summed E-state index contributed by atoms with van der Waals surface area (Å²) in [5, 5.41) is 1.17. The average molecular weight is 305 g/mol. The van der Waals surface area contributed by atoms with Crippen LogP contribution in [-0.4, -0.2) is 14.7 Å². The van der Waals surface area contributed by atoms with Crippen LogP contribution in [0.5, 0.6) is 0 Å². The van der Waals surface area contributed by atoms with Crippen molar-refractivity contribution in [3.8, 4) is 0 Å². The molecule has 0 aliphatic heterocycles. The van der Waals surface area contributed by atoms with E-state index in [1.54, 1.807) is 30.0 Å². The van der Waals surface area contributed by atoms with Gasteiger partial charge < -0.3 is 0 Å². The minimum atomic E-state index is -3.49. The number of anilines is 1. The SMILES string of the molecule is CSc1ccc(NS(=O)(=O)/C=C/c2ccccc2)cc1. The van der Waals surface area contributed by atoms with Crippen molar-refractivity contribution >= 4 is 33.5 Å². The molecule has 0 aliphatic rings. The lowest BCUT2D eigenvalue weighted by Gasteiger charge is -2.05. The van der Waals surface area contributed by atoms with Crippen LogP contribution in [0, 0.1) is 0 Å². The van der Waals surface area contributed by atoms with Crippen molar-refractivity contribution < 1.29 is 8.42 Å². The quantitative estimate of drug-likeness (QED) is 0.854. The predicted octanol–water partition coefficient (Wildman–Crippen LogP) is 3.82. The number of rotatable bonds is 5. The van der Waals surface area contributed by atoms with Gasteiger partial charge in [0.1, 0.15) is 0 Å². The fraction of sp³-hybridized carbons (Fsp3) is 0.0667. The van der Waals surface area contributed by atoms with Crippen LogP contribution in [0.3, 0.4) is 0 Å². The largest absolute Gasteiger partial charge is 0.280 e. The normalized spacial score (nSPS) is 11.7. The van der Waals surface area contributed by atoms with E-state index in [1.807, 2.05) is 48.7 Å². The van der Waals surface area contributed by atoms with E-state index in [0.717, 1.165) is 10.5 Å².